The molecule has 1 aromatic rings. The number of ether oxygens (including phenoxy) is 1. The monoisotopic (exact) mass is 208 g/mol. The molecule has 0 heterocycles. The lowest BCUT2D eigenvalue weighted by molar-refractivity contribution is 0.0950. The van der Waals surface area contributed by atoms with Crippen molar-refractivity contribution in [3.63, 3.8) is 0 Å². The molecule has 0 aliphatic rings. The second-order valence-electron chi connectivity index (χ2n) is 3.19. The number of amidine groups is 1. The molecule has 82 valence electrons. The summed E-state index contributed by atoms with van der Waals surface area (Å²) in [6.07, 6.45) is 0.429. The van der Waals surface area contributed by atoms with Gasteiger partial charge in [-0.1, -0.05) is 42.4 Å². The van der Waals surface area contributed by atoms with Crippen molar-refractivity contribution in [1.29, 1.82) is 0 Å². The van der Waals surface area contributed by atoms with Gasteiger partial charge in [-0.3, -0.25) is 0 Å². The molecule has 4 heteroatoms. The van der Waals surface area contributed by atoms with E-state index in [1.165, 1.54) is 0 Å². The standard InChI is InChI=1S/C11H16N2O2/c1-2-8-15-10(11(12)13-14)9-6-4-3-5-7-9/h3-7,10,14H,2,8H2,1H3,(H2,12,13)/t10-/m0/s1. The van der Waals surface area contributed by atoms with E-state index in [2.05, 4.69) is 5.16 Å². The molecular weight excluding hydrogens is 192 g/mol. The molecule has 3 N–H and O–H groups in total. The molecule has 0 aromatic heterocycles. The first-order valence-corrected chi connectivity index (χ1v) is 4.93. The van der Waals surface area contributed by atoms with Gasteiger partial charge < -0.3 is 15.7 Å². The molecule has 4 nitrogen and oxygen atoms in total. The molecule has 1 atom stereocenters. The van der Waals surface area contributed by atoms with Crippen LogP contribution >= 0.6 is 0 Å². The lowest BCUT2D eigenvalue weighted by atomic mass is 10.1. The van der Waals surface area contributed by atoms with Gasteiger partial charge in [-0.05, 0) is 12.0 Å². The van der Waals surface area contributed by atoms with E-state index < -0.39 is 6.10 Å². The lowest BCUT2D eigenvalue weighted by Gasteiger charge is -2.16. The molecule has 0 saturated carbocycles. The zero-order valence-corrected chi connectivity index (χ0v) is 8.76. The van der Waals surface area contributed by atoms with E-state index in [1.807, 2.05) is 37.3 Å². The van der Waals surface area contributed by atoms with E-state index in [9.17, 15) is 0 Å². The van der Waals surface area contributed by atoms with E-state index in [-0.39, 0.29) is 5.84 Å². The zero-order valence-electron chi connectivity index (χ0n) is 8.76. The minimum atomic E-state index is -0.462. The van der Waals surface area contributed by atoms with Crippen LogP contribution in [0.15, 0.2) is 35.5 Å². The van der Waals surface area contributed by atoms with Gasteiger partial charge in [0.25, 0.3) is 0 Å². The SMILES string of the molecule is CCCO[C@H](/C(N)=N\O)c1ccccc1. The first kappa shape index (κ1) is 11.5. The molecule has 0 radical (unpaired) electrons. The molecule has 15 heavy (non-hydrogen) atoms. The third kappa shape index (κ3) is 3.25. The maximum Gasteiger partial charge on any atom is 0.173 e. The van der Waals surface area contributed by atoms with Gasteiger partial charge in [-0.15, -0.1) is 0 Å². The fraction of sp³-hybridized carbons (Fsp3) is 0.364. The van der Waals surface area contributed by atoms with Gasteiger partial charge in [0.2, 0.25) is 0 Å². The zero-order chi connectivity index (χ0) is 11.1. The van der Waals surface area contributed by atoms with Crippen molar-refractivity contribution in [1.82, 2.24) is 0 Å². The Balaban J connectivity index is 2.81. The van der Waals surface area contributed by atoms with Crippen molar-refractivity contribution in [3.05, 3.63) is 35.9 Å². The average Bonchev–Trinajstić information content (AvgIpc) is 2.30. The van der Waals surface area contributed by atoms with E-state index in [1.54, 1.807) is 0 Å². The van der Waals surface area contributed by atoms with E-state index >= 15 is 0 Å². The largest absolute Gasteiger partial charge is 0.409 e. The number of nitrogens with zero attached hydrogens (tertiary/aromatic N) is 1. The van der Waals surface area contributed by atoms with Crippen LogP contribution in [0.4, 0.5) is 0 Å². The number of benzene rings is 1. The van der Waals surface area contributed by atoms with Crippen LogP contribution in [0.25, 0.3) is 0 Å². The van der Waals surface area contributed by atoms with Crippen LogP contribution in [0.5, 0.6) is 0 Å². The van der Waals surface area contributed by atoms with Gasteiger partial charge in [-0.25, -0.2) is 0 Å². The maximum atomic E-state index is 8.65. The fourth-order valence-corrected chi connectivity index (χ4v) is 1.27. The van der Waals surface area contributed by atoms with E-state index in [4.69, 9.17) is 15.7 Å². The van der Waals surface area contributed by atoms with Crippen molar-refractivity contribution >= 4 is 5.84 Å². The highest BCUT2D eigenvalue weighted by molar-refractivity contribution is 5.85. The Morgan fingerprint density at radius 1 is 1.47 bits per heavy atom. The Hall–Kier alpha value is -1.55. The smallest absolute Gasteiger partial charge is 0.173 e. The molecule has 0 fully saturated rings. The highest BCUT2D eigenvalue weighted by atomic mass is 16.5. The number of nitrogens with two attached hydrogens (primary N) is 1. The van der Waals surface area contributed by atoms with Crippen LogP contribution in [0.2, 0.25) is 0 Å². The molecule has 0 amide bonds. The highest BCUT2D eigenvalue weighted by Crippen LogP contribution is 2.17. The van der Waals surface area contributed by atoms with Gasteiger partial charge in [0.05, 0.1) is 0 Å². The second-order valence-corrected chi connectivity index (χ2v) is 3.19. The lowest BCUT2D eigenvalue weighted by Crippen LogP contribution is -2.24. The van der Waals surface area contributed by atoms with Gasteiger partial charge in [-0.2, -0.15) is 0 Å². The maximum absolute atomic E-state index is 8.65. The minimum Gasteiger partial charge on any atom is -0.409 e. The van der Waals surface area contributed by atoms with Crippen molar-refractivity contribution in [2.24, 2.45) is 10.9 Å². The number of hydrogen-bond donors (Lipinski definition) is 2. The molecule has 0 saturated heterocycles. The van der Waals surface area contributed by atoms with Crippen LogP contribution in [-0.2, 0) is 4.74 Å². The summed E-state index contributed by atoms with van der Waals surface area (Å²) in [6, 6.07) is 9.47. The summed E-state index contributed by atoms with van der Waals surface area (Å²) in [7, 11) is 0. The summed E-state index contributed by atoms with van der Waals surface area (Å²) >= 11 is 0. The average molecular weight is 208 g/mol. The highest BCUT2D eigenvalue weighted by Gasteiger charge is 2.16. The van der Waals surface area contributed by atoms with Crippen molar-refractivity contribution in [2.45, 2.75) is 19.4 Å². The summed E-state index contributed by atoms with van der Waals surface area (Å²) in [4.78, 5) is 0. The Morgan fingerprint density at radius 3 is 2.67 bits per heavy atom. The Bertz CT molecular complexity index is 312. The normalized spacial score (nSPS) is 13.8. The predicted molar refractivity (Wildman–Crippen MR) is 58.8 cm³/mol. The van der Waals surface area contributed by atoms with E-state index in [0.717, 1.165) is 12.0 Å². The van der Waals surface area contributed by atoms with Crippen LogP contribution < -0.4 is 5.73 Å². The van der Waals surface area contributed by atoms with Crippen molar-refractivity contribution in [3.8, 4) is 0 Å². The second kappa shape index (κ2) is 6.03. The van der Waals surface area contributed by atoms with Crippen LogP contribution in [0, 0.1) is 0 Å². The number of hydrogen-bond acceptors (Lipinski definition) is 3. The Kier molecular flexibility index (Phi) is 4.63. The van der Waals surface area contributed by atoms with Gasteiger partial charge in [0, 0.05) is 6.61 Å². The van der Waals surface area contributed by atoms with Gasteiger partial charge >= 0.3 is 0 Å². The fourth-order valence-electron chi connectivity index (χ4n) is 1.27. The third-order valence-corrected chi connectivity index (χ3v) is 1.98. The molecule has 0 unspecified atom stereocenters. The molecule has 0 spiro atoms. The summed E-state index contributed by atoms with van der Waals surface area (Å²) in [5.41, 5.74) is 6.46. The number of rotatable bonds is 5. The first-order chi connectivity index (χ1) is 7.29. The summed E-state index contributed by atoms with van der Waals surface area (Å²) in [6.45, 7) is 2.59. The predicted octanol–water partition coefficient (Wildman–Crippen LogP) is 1.90. The molecular formula is C11H16N2O2. The van der Waals surface area contributed by atoms with E-state index in [0.29, 0.717) is 6.61 Å². The van der Waals surface area contributed by atoms with Gasteiger partial charge in [0.1, 0.15) is 6.10 Å². The summed E-state index contributed by atoms with van der Waals surface area (Å²) in [5, 5.41) is 11.6. The quantitative estimate of drug-likeness (QED) is 0.336. The molecule has 0 aliphatic carbocycles. The molecule has 1 aromatic carbocycles. The molecule has 0 aliphatic heterocycles. The van der Waals surface area contributed by atoms with Crippen LogP contribution in [0.3, 0.4) is 0 Å². The Labute approximate surface area is 89.4 Å². The van der Waals surface area contributed by atoms with Crippen LogP contribution in [-0.4, -0.2) is 17.6 Å². The number of oxime groups is 1. The summed E-state index contributed by atoms with van der Waals surface area (Å²) in [5.74, 6) is 0.0784. The van der Waals surface area contributed by atoms with Crippen LogP contribution in [0.1, 0.15) is 25.0 Å². The molecule has 0 bridgehead atoms. The van der Waals surface area contributed by atoms with Gasteiger partial charge in [0.15, 0.2) is 5.84 Å². The van der Waals surface area contributed by atoms with Crippen molar-refractivity contribution in [2.75, 3.05) is 6.61 Å². The minimum absolute atomic E-state index is 0.0784. The topological polar surface area (TPSA) is 67.8 Å². The first-order valence-electron chi connectivity index (χ1n) is 4.93. The third-order valence-electron chi connectivity index (χ3n) is 1.98. The summed E-state index contributed by atoms with van der Waals surface area (Å²) < 4.78 is 5.51. The van der Waals surface area contributed by atoms with Crippen molar-refractivity contribution < 1.29 is 9.94 Å². The molecule has 1 rings (SSSR count). The Morgan fingerprint density at radius 2 is 2.13 bits per heavy atom.